The molecule has 0 amide bonds. The van der Waals surface area contributed by atoms with Crippen LogP contribution in [0.25, 0.3) is 0 Å². The molecule has 9 fully saturated rings. The summed E-state index contributed by atoms with van der Waals surface area (Å²) in [7, 11) is 0. The molecule has 0 radical (unpaired) electrons. The van der Waals surface area contributed by atoms with Crippen LogP contribution in [0.4, 0.5) is 0 Å². The molecule has 3 nitrogen and oxygen atoms in total. The van der Waals surface area contributed by atoms with Crippen LogP contribution in [0.5, 0.6) is 0 Å². The maximum absolute atomic E-state index is 4.51. The molecule has 0 aromatic heterocycles. The van der Waals surface area contributed by atoms with Gasteiger partial charge in [-0.15, -0.1) is 0 Å². The van der Waals surface area contributed by atoms with Crippen LogP contribution < -0.4 is 16.0 Å². The third-order valence-corrected chi connectivity index (χ3v) is 20.3. The average Bonchev–Trinajstić information content (AvgIpc) is 3.23. The molecular formula is C51H85N3. The number of nitrogens with one attached hydrogen (secondary N) is 3. The molecular weight excluding hydrogens is 655 g/mol. The molecule has 10 aliphatic rings. The van der Waals surface area contributed by atoms with E-state index in [1.807, 2.05) is 0 Å². The smallest absolute Gasteiger partial charge is 0.0624 e. The lowest BCUT2D eigenvalue weighted by Crippen LogP contribution is -2.73. The van der Waals surface area contributed by atoms with Crippen molar-refractivity contribution in [1.82, 2.24) is 16.0 Å². The molecule has 9 aliphatic carbocycles. The van der Waals surface area contributed by atoms with Crippen LogP contribution in [0.15, 0.2) is 12.2 Å². The molecule has 54 heavy (non-hydrogen) atoms. The van der Waals surface area contributed by atoms with E-state index in [0.717, 1.165) is 101 Å². The highest BCUT2D eigenvalue weighted by Crippen LogP contribution is 2.62. The summed E-state index contributed by atoms with van der Waals surface area (Å²) >= 11 is 0. The molecule has 0 aromatic carbocycles. The van der Waals surface area contributed by atoms with Crippen LogP contribution >= 0.6 is 0 Å². The summed E-state index contributed by atoms with van der Waals surface area (Å²) in [6.07, 6.45) is 47.7. The van der Waals surface area contributed by atoms with E-state index in [0.29, 0.717) is 18.5 Å². The van der Waals surface area contributed by atoms with Gasteiger partial charge in [-0.25, -0.2) is 0 Å². The highest BCUT2D eigenvalue weighted by Gasteiger charge is 2.55. The molecule has 8 saturated carbocycles. The largest absolute Gasteiger partial charge is 0.286 e. The van der Waals surface area contributed by atoms with Gasteiger partial charge >= 0.3 is 0 Å². The van der Waals surface area contributed by atoms with Crippen LogP contribution in [0, 0.1) is 101 Å². The van der Waals surface area contributed by atoms with Crippen LogP contribution in [0.2, 0.25) is 0 Å². The topological polar surface area (TPSA) is 36.1 Å². The molecule has 304 valence electrons. The van der Waals surface area contributed by atoms with E-state index < -0.39 is 0 Å². The van der Waals surface area contributed by atoms with E-state index >= 15 is 0 Å². The molecule has 3 heteroatoms. The maximum Gasteiger partial charge on any atom is 0.0624 e. The maximum atomic E-state index is 4.51. The number of allylic oxidation sites excluding steroid dienone is 2. The van der Waals surface area contributed by atoms with E-state index in [1.165, 1.54) is 128 Å². The van der Waals surface area contributed by atoms with Crippen LogP contribution in [-0.4, -0.2) is 18.5 Å². The Morgan fingerprint density at radius 3 is 1.72 bits per heavy atom. The SMILES string of the molecule is CC1CCCC(C2NC(C3CCC4CCCCC4C3)NC(C3CC(C4CCCCC4)CC(C4CCC5C6C=CCCC6C6CCCC(C)C6C5C4)C3)N2)C1. The first-order valence-corrected chi connectivity index (χ1v) is 25.5. The fraction of sp³-hybridized carbons (Fsp3) is 0.961. The highest BCUT2D eigenvalue weighted by atomic mass is 15.4. The van der Waals surface area contributed by atoms with E-state index in [-0.39, 0.29) is 0 Å². The van der Waals surface area contributed by atoms with Gasteiger partial charge in [-0.05, 0) is 190 Å². The fourth-order valence-corrected chi connectivity index (χ4v) is 17.8. The molecule has 0 aromatic rings. The molecule has 0 spiro atoms. The second-order valence-electron chi connectivity index (χ2n) is 23.0. The Hall–Kier alpha value is -0.380. The lowest BCUT2D eigenvalue weighted by atomic mass is 9.46. The van der Waals surface area contributed by atoms with E-state index in [2.05, 4.69) is 41.9 Å². The average molecular weight is 740 g/mol. The van der Waals surface area contributed by atoms with Crippen molar-refractivity contribution in [3.05, 3.63) is 12.2 Å². The van der Waals surface area contributed by atoms with Gasteiger partial charge in [0.05, 0.1) is 18.5 Å². The first kappa shape index (κ1) is 37.9. The highest BCUT2D eigenvalue weighted by molar-refractivity contribution is 5.11. The van der Waals surface area contributed by atoms with Gasteiger partial charge in [0.15, 0.2) is 0 Å². The summed E-state index contributed by atoms with van der Waals surface area (Å²) in [6.45, 7) is 5.26. The van der Waals surface area contributed by atoms with Crippen LogP contribution in [0.3, 0.4) is 0 Å². The van der Waals surface area contributed by atoms with Crippen molar-refractivity contribution >= 4 is 0 Å². The van der Waals surface area contributed by atoms with Crippen molar-refractivity contribution < 1.29 is 0 Å². The molecule has 1 heterocycles. The van der Waals surface area contributed by atoms with Gasteiger partial charge in [-0.1, -0.05) is 109 Å². The monoisotopic (exact) mass is 740 g/mol. The summed E-state index contributed by atoms with van der Waals surface area (Å²) in [5.41, 5.74) is 0. The van der Waals surface area contributed by atoms with Crippen molar-refractivity contribution in [1.29, 1.82) is 0 Å². The fourth-order valence-electron chi connectivity index (χ4n) is 17.8. The quantitative estimate of drug-likeness (QED) is 0.246. The Balaban J connectivity index is 0.907. The van der Waals surface area contributed by atoms with Crippen molar-refractivity contribution in [2.75, 3.05) is 0 Å². The lowest BCUT2D eigenvalue weighted by molar-refractivity contribution is -0.0930. The molecule has 0 bridgehead atoms. The van der Waals surface area contributed by atoms with Crippen molar-refractivity contribution in [2.45, 2.75) is 206 Å². The summed E-state index contributed by atoms with van der Waals surface area (Å²) in [6, 6.07) is 0. The lowest BCUT2D eigenvalue weighted by Gasteiger charge is -2.59. The number of hydrogen-bond donors (Lipinski definition) is 3. The molecule has 1 saturated heterocycles. The Kier molecular flexibility index (Phi) is 11.7. The third kappa shape index (κ3) is 7.64. The van der Waals surface area contributed by atoms with Crippen molar-refractivity contribution in [3.8, 4) is 0 Å². The summed E-state index contributed by atoms with van der Waals surface area (Å²) < 4.78 is 0. The normalized spacial score (nSPS) is 53.0. The Labute approximate surface area is 333 Å². The second-order valence-corrected chi connectivity index (χ2v) is 23.0. The number of hydrogen-bond acceptors (Lipinski definition) is 3. The standard InChI is InChI=1S/C51H85N3/c1-32-12-10-18-38(26-32)49-52-50(39-23-22-35-16-6-7-17-36(35)27-39)54-51(53-49)42-29-40(34-14-4-3-5-15-34)28-41(30-42)37-24-25-45-43-19-8-9-20-44(43)46-21-11-13-33(2)48(46)47(45)31-37/h8,19,32-54H,3-7,9-18,20-31H2,1-2H3. The third-order valence-electron chi connectivity index (χ3n) is 20.3. The van der Waals surface area contributed by atoms with E-state index in [1.54, 1.807) is 44.9 Å². The van der Waals surface area contributed by atoms with Gasteiger partial charge in [0.25, 0.3) is 0 Å². The van der Waals surface area contributed by atoms with Gasteiger partial charge < -0.3 is 0 Å². The summed E-state index contributed by atoms with van der Waals surface area (Å²) in [4.78, 5) is 0. The van der Waals surface area contributed by atoms with Gasteiger partial charge in [0.1, 0.15) is 0 Å². The van der Waals surface area contributed by atoms with Gasteiger partial charge in [-0.3, -0.25) is 16.0 Å². The number of rotatable bonds is 5. The van der Waals surface area contributed by atoms with Crippen molar-refractivity contribution in [2.24, 2.45) is 101 Å². The molecule has 10 rings (SSSR count). The minimum absolute atomic E-state index is 0.512. The Morgan fingerprint density at radius 2 is 0.926 bits per heavy atom. The van der Waals surface area contributed by atoms with Crippen LogP contribution in [-0.2, 0) is 0 Å². The zero-order valence-corrected chi connectivity index (χ0v) is 35.3. The molecule has 19 unspecified atom stereocenters. The Bertz CT molecular complexity index is 1250. The first-order chi connectivity index (χ1) is 26.6. The van der Waals surface area contributed by atoms with E-state index in [4.69, 9.17) is 0 Å². The Morgan fingerprint density at radius 1 is 0.370 bits per heavy atom. The predicted molar refractivity (Wildman–Crippen MR) is 225 cm³/mol. The van der Waals surface area contributed by atoms with Crippen molar-refractivity contribution in [3.63, 3.8) is 0 Å². The minimum Gasteiger partial charge on any atom is -0.286 e. The van der Waals surface area contributed by atoms with Crippen LogP contribution in [0.1, 0.15) is 187 Å². The summed E-state index contributed by atoms with van der Waals surface area (Å²) in [5, 5.41) is 13.4. The van der Waals surface area contributed by atoms with Gasteiger partial charge in [-0.2, -0.15) is 0 Å². The molecule has 19 atom stereocenters. The molecule has 1 aliphatic heterocycles. The second kappa shape index (κ2) is 16.7. The predicted octanol–water partition coefficient (Wildman–Crippen LogP) is 12.5. The molecule has 3 N–H and O–H groups in total. The zero-order chi connectivity index (χ0) is 36.2. The van der Waals surface area contributed by atoms with E-state index in [9.17, 15) is 0 Å². The zero-order valence-electron chi connectivity index (χ0n) is 35.3. The minimum atomic E-state index is 0.512. The number of fused-ring (bicyclic) bond motifs is 7. The summed E-state index contributed by atoms with van der Waals surface area (Å²) in [5.74, 6) is 16.4. The van der Waals surface area contributed by atoms with Gasteiger partial charge in [0.2, 0.25) is 0 Å². The first-order valence-electron chi connectivity index (χ1n) is 25.5. The van der Waals surface area contributed by atoms with Gasteiger partial charge in [0, 0.05) is 0 Å².